The lowest BCUT2D eigenvalue weighted by Gasteiger charge is -2.11. The van der Waals surface area contributed by atoms with Gasteiger partial charge in [-0.25, -0.2) is 13.5 Å². The summed E-state index contributed by atoms with van der Waals surface area (Å²) in [5, 5.41) is 14.6. The van der Waals surface area contributed by atoms with Crippen molar-refractivity contribution in [2.24, 2.45) is 7.05 Å². The predicted molar refractivity (Wildman–Crippen MR) is 70.4 cm³/mol. The van der Waals surface area contributed by atoms with Crippen LogP contribution in [0.3, 0.4) is 0 Å². The Morgan fingerprint density at radius 2 is 2.00 bits per heavy atom. The molecule has 1 N–H and O–H groups in total. The Labute approximate surface area is 124 Å². The highest BCUT2D eigenvalue weighted by molar-refractivity contribution is 5.96. The molecule has 2 aromatic rings. The van der Waals surface area contributed by atoms with Crippen molar-refractivity contribution in [3.05, 3.63) is 53.1 Å². The zero-order valence-corrected chi connectivity index (χ0v) is 11.4. The highest BCUT2D eigenvalue weighted by atomic mass is 19.3. The van der Waals surface area contributed by atoms with Crippen LogP contribution in [0.2, 0.25) is 0 Å². The second-order valence-electron chi connectivity index (χ2n) is 4.42. The number of aromatic nitrogens is 2. The molecule has 0 bridgehead atoms. The van der Waals surface area contributed by atoms with Gasteiger partial charge in [-0.2, -0.15) is 14.8 Å². The molecule has 0 aliphatic rings. The number of nitrogens with one attached hydrogen (secondary N) is 1. The van der Waals surface area contributed by atoms with Crippen molar-refractivity contribution >= 4 is 5.91 Å². The Kier molecular flexibility index (Phi) is 4.46. The maximum atomic E-state index is 13.8. The van der Waals surface area contributed by atoms with Crippen LogP contribution in [0.4, 0.5) is 13.2 Å². The normalized spacial score (nSPS) is 12.0. The van der Waals surface area contributed by atoms with Crippen molar-refractivity contribution < 1.29 is 18.0 Å². The fourth-order valence-electron chi connectivity index (χ4n) is 1.92. The van der Waals surface area contributed by atoms with Gasteiger partial charge in [-0.1, -0.05) is 30.3 Å². The van der Waals surface area contributed by atoms with E-state index < -0.39 is 35.6 Å². The molecule has 1 unspecified atom stereocenters. The van der Waals surface area contributed by atoms with E-state index in [4.69, 9.17) is 5.26 Å². The van der Waals surface area contributed by atoms with E-state index in [0.29, 0.717) is 10.2 Å². The van der Waals surface area contributed by atoms with E-state index in [2.05, 4.69) is 10.4 Å². The van der Waals surface area contributed by atoms with Crippen LogP contribution in [0.1, 0.15) is 34.1 Å². The number of carbonyl (C=O) groups excluding carboxylic acids is 1. The molecule has 1 amide bonds. The quantitative estimate of drug-likeness (QED) is 0.943. The van der Waals surface area contributed by atoms with Crippen LogP contribution in [0.25, 0.3) is 0 Å². The van der Waals surface area contributed by atoms with Gasteiger partial charge in [-0.15, -0.1) is 0 Å². The number of aryl methyl sites for hydroxylation is 1. The largest absolute Gasteiger partial charge is 0.332 e. The standard InChI is InChI=1S/C14H11F3N4O/c1-21-13(17)10(11(20-21)12(15)16)14(22)19-9(7-18)8-5-3-2-4-6-8/h2-6,9,12H,1H3,(H,19,22). The molecule has 1 aromatic carbocycles. The molecule has 0 spiro atoms. The molecule has 22 heavy (non-hydrogen) atoms. The van der Waals surface area contributed by atoms with E-state index in [0.717, 1.165) is 7.05 Å². The van der Waals surface area contributed by atoms with Crippen molar-refractivity contribution in [2.45, 2.75) is 12.5 Å². The number of hydrogen-bond acceptors (Lipinski definition) is 3. The minimum atomic E-state index is -3.10. The number of rotatable bonds is 4. The number of benzene rings is 1. The van der Waals surface area contributed by atoms with Crippen molar-refractivity contribution in [1.29, 1.82) is 5.26 Å². The number of carbonyl (C=O) groups is 1. The summed E-state index contributed by atoms with van der Waals surface area (Å²) in [5.74, 6) is -2.30. The van der Waals surface area contributed by atoms with Gasteiger partial charge in [-0.3, -0.25) is 4.79 Å². The summed E-state index contributed by atoms with van der Waals surface area (Å²) in [6.07, 6.45) is -3.10. The summed E-state index contributed by atoms with van der Waals surface area (Å²) in [6.45, 7) is 0. The van der Waals surface area contributed by atoms with Gasteiger partial charge >= 0.3 is 0 Å². The number of nitriles is 1. The molecule has 0 aliphatic carbocycles. The molecule has 1 heterocycles. The maximum Gasteiger partial charge on any atom is 0.283 e. The third-order valence-corrected chi connectivity index (χ3v) is 2.98. The molecule has 0 aliphatic heterocycles. The first-order chi connectivity index (χ1) is 10.5. The van der Waals surface area contributed by atoms with Crippen LogP contribution in [0, 0.1) is 17.3 Å². The summed E-state index contributed by atoms with van der Waals surface area (Å²) in [4.78, 5) is 12.1. The first kappa shape index (κ1) is 15.6. The summed E-state index contributed by atoms with van der Waals surface area (Å²) in [5.41, 5.74) is -1.35. The molecular weight excluding hydrogens is 297 g/mol. The van der Waals surface area contributed by atoms with Crippen molar-refractivity contribution in [3.63, 3.8) is 0 Å². The Balaban J connectivity index is 2.31. The van der Waals surface area contributed by atoms with E-state index in [1.54, 1.807) is 30.3 Å². The summed E-state index contributed by atoms with van der Waals surface area (Å²) in [6, 6.07) is 8.94. The molecule has 8 heteroatoms. The lowest BCUT2D eigenvalue weighted by molar-refractivity contribution is 0.0926. The fourth-order valence-corrected chi connectivity index (χ4v) is 1.92. The SMILES string of the molecule is Cn1nc(C(F)F)c(C(=O)NC(C#N)c2ccccc2)c1F. The highest BCUT2D eigenvalue weighted by Gasteiger charge is 2.29. The number of amides is 1. The Morgan fingerprint density at radius 1 is 1.36 bits per heavy atom. The lowest BCUT2D eigenvalue weighted by Crippen LogP contribution is -2.29. The minimum absolute atomic E-state index is 0.459. The summed E-state index contributed by atoms with van der Waals surface area (Å²) in [7, 11) is 1.11. The maximum absolute atomic E-state index is 13.8. The third-order valence-electron chi connectivity index (χ3n) is 2.98. The van der Waals surface area contributed by atoms with E-state index >= 15 is 0 Å². The number of halogens is 3. The third kappa shape index (κ3) is 2.93. The second kappa shape index (κ2) is 6.30. The first-order valence-corrected chi connectivity index (χ1v) is 6.21. The number of alkyl halides is 2. The topological polar surface area (TPSA) is 70.7 Å². The monoisotopic (exact) mass is 308 g/mol. The van der Waals surface area contributed by atoms with Gasteiger partial charge in [0.15, 0.2) is 0 Å². The van der Waals surface area contributed by atoms with E-state index in [-0.39, 0.29) is 0 Å². The van der Waals surface area contributed by atoms with Gasteiger partial charge in [0.25, 0.3) is 12.3 Å². The van der Waals surface area contributed by atoms with Crippen LogP contribution in [0.5, 0.6) is 0 Å². The van der Waals surface area contributed by atoms with Crippen LogP contribution in [-0.4, -0.2) is 15.7 Å². The second-order valence-corrected chi connectivity index (χ2v) is 4.42. The molecule has 0 saturated carbocycles. The van der Waals surface area contributed by atoms with Crippen LogP contribution in [-0.2, 0) is 7.05 Å². The van der Waals surface area contributed by atoms with Crippen LogP contribution in [0.15, 0.2) is 30.3 Å². The minimum Gasteiger partial charge on any atom is -0.332 e. The molecule has 5 nitrogen and oxygen atoms in total. The molecule has 114 valence electrons. The van der Waals surface area contributed by atoms with Gasteiger partial charge in [0, 0.05) is 7.05 Å². The average molecular weight is 308 g/mol. The summed E-state index contributed by atoms with van der Waals surface area (Å²) < 4.78 is 40.0. The predicted octanol–water partition coefficient (Wildman–Crippen LogP) is 2.49. The van der Waals surface area contributed by atoms with Crippen molar-refractivity contribution in [1.82, 2.24) is 15.1 Å². The van der Waals surface area contributed by atoms with Gasteiger partial charge in [0.2, 0.25) is 5.95 Å². The Hall–Kier alpha value is -2.82. The zero-order valence-electron chi connectivity index (χ0n) is 11.4. The molecule has 0 saturated heterocycles. The van der Waals surface area contributed by atoms with E-state index in [9.17, 15) is 18.0 Å². The highest BCUT2D eigenvalue weighted by Crippen LogP contribution is 2.24. The van der Waals surface area contributed by atoms with Crippen LogP contribution < -0.4 is 5.32 Å². The fraction of sp³-hybridized carbons (Fsp3) is 0.214. The van der Waals surface area contributed by atoms with E-state index in [1.807, 2.05) is 6.07 Å². The van der Waals surface area contributed by atoms with Crippen LogP contribution >= 0.6 is 0 Å². The van der Waals surface area contributed by atoms with Gasteiger partial charge in [0.05, 0.1) is 6.07 Å². The Bertz CT molecular complexity index is 722. The molecule has 0 fully saturated rings. The zero-order chi connectivity index (χ0) is 16.3. The molecule has 1 atom stereocenters. The lowest BCUT2D eigenvalue weighted by atomic mass is 10.1. The molecule has 1 aromatic heterocycles. The van der Waals surface area contributed by atoms with Crippen molar-refractivity contribution in [3.8, 4) is 6.07 Å². The van der Waals surface area contributed by atoms with Gasteiger partial charge < -0.3 is 5.32 Å². The molecule has 2 rings (SSSR count). The average Bonchev–Trinajstić information content (AvgIpc) is 2.81. The first-order valence-electron chi connectivity index (χ1n) is 6.21. The van der Waals surface area contributed by atoms with E-state index in [1.165, 1.54) is 0 Å². The van der Waals surface area contributed by atoms with Crippen molar-refractivity contribution in [2.75, 3.05) is 0 Å². The molecular formula is C14H11F3N4O. The smallest absolute Gasteiger partial charge is 0.283 e. The summed E-state index contributed by atoms with van der Waals surface area (Å²) >= 11 is 0. The van der Waals surface area contributed by atoms with Gasteiger partial charge in [-0.05, 0) is 5.56 Å². The Morgan fingerprint density at radius 3 is 2.55 bits per heavy atom. The number of hydrogen-bond donors (Lipinski definition) is 1. The van der Waals surface area contributed by atoms with Gasteiger partial charge in [0.1, 0.15) is 17.3 Å². The molecule has 0 radical (unpaired) electrons. The number of nitrogens with zero attached hydrogens (tertiary/aromatic N) is 3.